The van der Waals surface area contributed by atoms with Gasteiger partial charge in [0.25, 0.3) is 0 Å². The van der Waals surface area contributed by atoms with Crippen molar-refractivity contribution in [3.05, 3.63) is 29.6 Å². The third kappa shape index (κ3) is 1.42. The molecule has 1 aromatic carbocycles. The summed E-state index contributed by atoms with van der Waals surface area (Å²) >= 11 is 0. The van der Waals surface area contributed by atoms with Crippen LogP contribution in [-0.4, -0.2) is 27.3 Å². The molecule has 2 aromatic rings. The molecule has 0 fully saturated rings. The summed E-state index contributed by atoms with van der Waals surface area (Å²) in [4.78, 5) is 2.22. The van der Waals surface area contributed by atoms with Gasteiger partial charge in [-0.3, -0.25) is 0 Å². The standard InChI is InChI=1S/C12H15N5/c1-8(2)9-5-4-6-10-12(9)16(3)7-11-13-14-15-17(10)11/h4-6,8H,7H2,1-3H3. The number of hydrogen-bond donors (Lipinski definition) is 0. The van der Waals surface area contributed by atoms with Crippen molar-refractivity contribution in [2.75, 3.05) is 11.9 Å². The molecule has 0 radical (unpaired) electrons. The predicted molar refractivity (Wildman–Crippen MR) is 65.4 cm³/mol. The zero-order valence-electron chi connectivity index (χ0n) is 10.3. The fourth-order valence-electron chi connectivity index (χ4n) is 2.38. The van der Waals surface area contributed by atoms with E-state index in [9.17, 15) is 0 Å². The summed E-state index contributed by atoms with van der Waals surface area (Å²) in [7, 11) is 2.09. The van der Waals surface area contributed by atoms with Crippen LogP contribution in [0.15, 0.2) is 18.2 Å². The average molecular weight is 229 g/mol. The number of aromatic nitrogens is 4. The Hall–Kier alpha value is -1.91. The Kier molecular flexibility index (Phi) is 2.14. The van der Waals surface area contributed by atoms with Gasteiger partial charge in [-0.1, -0.05) is 26.0 Å². The van der Waals surface area contributed by atoms with Gasteiger partial charge in [0, 0.05) is 7.05 Å². The maximum Gasteiger partial charge on any atom is 0.175 e. The maximum absolute atomic E-state index is 4.06. The molecule has 3 rings (SSSR count). The summed E-state index contributed by atoms with van der Waals surface area (Å²) in [5.74, 6) is 1.38. The number of fused-ring (bicyclic) bond motifs is 3. The fourth-order valence-corrected chi connectivity index (χ4v) is 2.38. The van der Waals surface area contributed by atoms with Gasteiger partial charge in [0.1, 0.15) is 0 Å². The molecule has 17 heavy (non-hydrogen) atoms. The zero-order chi connectivity index (χ0) is 12.0. The Bertz CT molecular complexity index is 558. The van der Waals surface area contributed by atoms with Crippen molar-refractivity contribution in [3.63, 3.8) is 0 Å². The van der Waals surface area contributed by atoms with Crippen LogP contribution in [0.25, 0.3) is 5.69 Å². The predicted octanol–water partition coefficient (Wildman–Crippen LogP) is 1.74. The zero-order valence-corrected chi connectivity index (χ0v) is 10.3. The summed E-state index contributed by atoms with van der Waals surface area (Å²) in [6.07, 6.45) is 0. The molecule has 88 valence electrons. The highest BCUT2D eigenvalue weighted by molar-refractivity contribution is 5.69. The van der Waals surface area contributed by atoms with E-state index in [4.69, 9.17) is 0 Å². The normalized spacial score (nSPS) is 13.8. The van der Waals surface area contributed by atoms with Crippen LogP contribution in [0.5, 0.6) is 0 Å². The van der Waals surface area contributed by atoms with E-state index in [1.807, 2.05) is 4.68 Å². The largest absolute Gasteiger partial charge is 0.365 e. The first-order chi connectivity index (χ1) is 8.18. The van der Waals surface area contributed by atoms with E-state index in [-0.39, 0.29) is 0 Å². The Morgan fingerprint density at radius 1 is 1.29 bits per heavy atom. The van der Waals surface area contributed by atoms with Crippen LogP contribution >= 0.6 is 0 Å². The first-order valence-electron chi connectivity index (χ1n) is 5.80. The van der Waals surface area contributed by atoms with Crippen molar-refractivity contribution in [3.8, 4) is 5.69 Å². The minimum Gasteiger partial charge on any atom is -0.365 e. The third-order valence-corrected chi connectivity index (χ3v) is 3.19. The van der Waals surface area contributed by atoms with Crippen LogP contribution in [0, 0.1) is 0 Å². The van der Waals surface area contributed by atoms with E-state index in [0.29, 0.717) is 5.92 Å². The van der Waals surface area contributed by atoms with Crippen LogP contribution in [0.1, 0.15) is 31.2 Å². The molecule has 5 heteroatoms. The summed E-state index contributed by atoms with van der Waals surface area (Å²) in [5, 5.41) is 11.9. The molecule has 0 spiro atoms. The van der Waals surface area contributed by atoms with Gasteiger partial charge >= 0.3 is 0 Å². The van der Waals surface area contributed by atoms with Gasteiger partial charge < -0.3 is 4.90 Å². The molecule has 0 saturated heterocycles. The Labute approximate surface area is 100 Å². The summed E-state index contributed by atoms with van der Waals surface area (Å²) in [5.41, 5.74) is 3.65. The summed E-state index contributed by atoms with van der Waals surface area (Å²) in [6.45, 7) is 5.17. The first kappa shape index (κ1) is 10.3. The highest BCUT2D eigenvalue weighted by Gasteiger charge is 2.24. The third-order valence-electron chi connectivity index (χ3n) is 3.19. The van der Waals surface area contributed by atoms with E-state index in [2.05, 4.69) is 59.5 Å². The van der Waals surface area contributed by atoms with Crippen molar-refractivity contribution in [1.29, 1.82) is 0 Å². The fraction of sp³-hybridized carbons (Fsp3) is 0.417. The number of anilines is 1. The molecule has 1 aromatic heterocycles. The van der Waals surface area contributed by atoms with Crippen LogP contribution in [0.2, 0.25) is 0 Å². The Balaban J connectivity index is 2.28. The molecular formula is C12H15N5. The van der Waals surface area contributed by atoms with E-state index in [1.165, 1.54) is 11.3 Å². The lowest BCUT2D eigenvalue weighted by Gasteiger charge is -2.30. The minimum atomic E-state index is 0.491. The Morgan fingerprint density at radius 3 is 2.88 bits per heavy atom. The highest BCUT2D eigenvalue weighted by Crippen LogP contribution is 2.36. The van der Waals surface area contributed by atoms with E-state index in [1.54, 1.807) is 0 Å². The topological polar surface area (TPSA) is 46.8 Å². The van der Waals surface area contributed by atoms with Gasteiger partial charge in [-0.15, -0.1) is 5.10 Å². The molecule has 0 aliphatic carbocycles. The van der Waals surface area contributed by atoms with Gasteiger partial charge in [-0.2, -0.15) is 4.68 Å². The molecule has 0 amide bonds. The van der Waals surface area contributed by atoms with Gasteiger partial charge in [0.05, 0.1) is 17.9 Å². The smallest absolute Gasteiger partial charge is 0.175 e. The van der Waals surface area contributed by atoms with Crippen LogP contribution < -0.4 is 4.90 Å². The monoisotopic (exact) mass is 229 g/mol. The second kappa shape index (κ2) is 3.55. The molecule has 0 bridgehead atoms. The van der Waals surface area contributed by atoms with Gasteiger partial charge in [0.2, 0.25) is 0 Å². The van der Waals surface area contributed by atoms with Crippen molar-refractivity contribution in [2.24, 2.45) is 0 Å². The SMILES string of the molecule is CC(C)c1cccc2c1N(C)Cc1nnnn1-2. The van der Waals surface area contributed by atoms with Crippen LogP contribution in [0.3, 0.4) is 0 Å². The molecule has 5 nitrogen and oxygen atoms in total. The lowest BCUT2D eigenvalue weighted by molar-refractivity contribution is 0.705. The second-order valence-corrected chi connectivity index (χ2v) is 4.73. The number of hydrogen-bond acceptors (Lipinski definition) is 4. The number of benzene rings is 1. The molecule has 1 aliphatic rings. The molecule has 0 unspecified atom stereocenters. The quantitative estimate of drug-likeness (QED) is 0.747. The number of tetrazole rings is 1. The van der Waals surface area contributed by atoms with E-state index < -0.39 is 0 Å². The summed E-state index contributed by atoms with van der Waals surface area (Å²) in [6, 6.07) is 6.31. The average Bonchev–Trinajstić information content (AvgIpc) is 2.76. The lowest BCUT2D eigenvalue weighted by Crippen LogP contribution is -2.27. The maximum atomic E-state index is 4.06. The number of nitrogens with zero attached hydrogens (tertiary/aromatic N) is 5. The molecule has 0 N–H and O–H groups in total. The molecule has 0 atom stereocenters. The van der Waals surface area contributed by atoms with Crippen molar-refractivity contribution >= 4 is 5.69 Å². The molecule has 0 saturated carbocycles. The van der Waals surface area contributed by atoms with Crippen LogP contribution in [0.4, 0.5) is 5.69 Å². The summed E-state index contributed by atoms with van der Waals surface area (Å²) < 4.78 is 1.83. The highest BCUT2D eigenvalue weighted by atomic mass is 15.6. The molecule has 2 heterocycles. The second-order valence-electron chi connectivity index (χ2n) is 4.73. The van der Waals surface area contributed by atoms with E-state index in [0.717, 1.165) is 18.1 Å². The van der Waals surface area contributed by atoms with Gasteiger partial charge in [-0.05, 0) is 28.0 Å². The number of rotatable bonds is 1. The number of para-hydroxylation sites is 1. The van der Waals surface area contributed by atoms with Crippen LogP contribution in [-0.2, 0) is 6.54 Å². The first-order valence-corrected chi connectivity index (χ1v) is 5.80. The van der Waals surface area contributed by atoms with Gasteiger partial charge in [0.15, 0.2) is 5.82 Å². The Morgan fingerprint density at radius 2 is 2.12 bits per heavy atom. The lowest BCUT2D eigenvalue weighted by atomic mass is 9.98. The van der Waals surface area contributed by atoms with Crippen molar-refractivity contribution in [1.82, 2.24) is 20.2 Å². The van der Waals surface area contributed by atoms with Gasteiger partial charge in [-0.25, -0.2) is 0 Å². The molecular weight excluding hydrogens is 214 g/mol. The van der Waals surface area contributed by atoms with Crippen molar-refractivity contribution < 1.29 is 0 Å². The minimum absolute atomic E-state index is 0.491. The van der Waals surface area contributed by atoms with E-state index >= 15 is 0 Å². The molecule has 1 aliphatic heterocycles. The van der Waals surface area contributed by atoms with Crippen molar-refractivity contribution in [2.45, 2.75) is 26.3 Å².